The minimum absolute atomic E-state index is 0.727. The van der Waals surface area contributed by atoms with Crippen LogP contribution in [0.2, 0.25) is 0 Å². The van der Waals surface area contributed by atoms with Gasteiger partial charge in [-0.15, -0.1) is 5.43 Å². The number of quaternary nitrogens is 1. The Morgan fingerprint density at radius 3 is 1.44 bits per heavy atom. The third-order valence-corrected chi connectivity index (χ3v) is 2.37. The van der Waals surface area contributed by atoms with Gasteiger partial charge < -0.3 is 0 Å². The minimum Gasteiger partial charge on any atom is -0.221 e. The normalized spacial score (nSPS) is 23.3. The molecule has 1 rings (SSSR count). The second kappa shape index (κ2) is 1.96. The Morgan fingerprint density at radius 2 is 1.44 bits per heavy atom. The van der Waals surface area contributed by atoms with Crippen molar-refractivity contribution in [1.29, 1.82) is 0 Å². The molecule has 0 aromatic heterocycles. The van der Waals surface area contributed by atoms with Crippen LogP contribution in [0.5, 0.6) is 0 Å². The zero-order valence-electron chi connectivity index (χ0n) is 6.81. The van der Waals surface area contributed by atoms with Crippen LogP contribution >= 0.6 is 0 Å². The van der Waals surface area contributed by atoms with Crippen molar-refractivity contribution in [2.75, 3.05) is 6.67 Å². The lowest BCUT2D eigenvalue weighted by molar-refractivity contribution is -0.869. The number of nitrogens with zero attached hydrogens (tertiary/aromatic N) is 1. The van der Waals surface area contributed by atoms with Crippen LogP contribution in [-0.4, -0.2) is 23.3 Å². The number of nitrogens with one attached hydrogen (secondary N) is 1. The van der Waals surface area contributed by atoms with Crippen molar-refractivity contribution in [3.05, 3.63) is 0 Å². The summed E-state index contributed by atoms with van der Waals surface area (Å²) in [5.41, 5.74) is 3.38. The average molecular weight is 129 g/mol. The summed E-state index contributed by atoms with van der Waals surface area (Å²) < 4.78 is 1.11. The van der Waals surface area contributed by atoms with Gasteiger partial charge in [0.2, 0.25) is 0 Å². The second-order valence-corrected chi connectivity index (χ2v) is 3.43. The maximum atomic E-state index is 3.38. The highest BCUT2D eigenvalue weighted by Crippen LogP contribution is 2.23. The van der Waals surface area contributed by atoms with Crippen molar-refractivity contribution in [3.8, 4) is 0 Å². The molecule has 1 saturated heterocycles. The van der Waals surface area contributed by atoms with Crippen molar-refractivity contribution >= 4 is 0 Å². The quantitative estimate of drug-likeness (QED) is 0.437. The van der Waals surface area contributed by atoms with E-state index in [0.717, 1.165) is 23.3 Å². The summed E-state index contributed by atoms with van der Waals surface area (Å²) in [6.45, 7) is 10.2. The summed E-state index contributed by atoms with van der Waals surface area (Å²) in [5, 5.41) is 0. The number of rotatable bonds is 2. The van der Waals surface area contributed by atoms with Gasteiger partial charge in [-0.2, -0.15) is 0 Å². The third kappa shape index (κ3) is 0.970. The summed E-state index contributed by atoms with van der Waals surface area (Å²) in [4.78, 5) is 0. The summed E-state index contributed by atoms with van der Waals surface area (Å²) in [5.74, 6) is 0. The molecule has 1 N–H and O–H groups in total. The first kappa shape index (κ1) is 7.03. The number of hydrogen-bond donors (Lipinski definition) is 1. The van der Waals surface area contributed by atoms with E-state index in [9.17, 15) is 0 Å². The zero-order chi connectivity index (χ0) is 7.07. The van der Waals surface area contributed by atoms with Gasteiger partial charge in [0.15, 0.2) is 6.67 Å². The SMILES string of the molecule is CC(C)[N+]1(C(C)C)CN1. The second-order valence-electron chi connectivity index (χ2n) is 3.43. The van der Waals surface area contributed by atoms with E-state index >= 15 is 0 Å². The Hall–Kier alpha value is -0.0800. The van der Waals surface area contributed by atoms with Gasteiger partial charge in [0, 0.05) is 0 Å². The average Bonchev–Trinajstić information content (AvgIpc) is 2.40. The van der Waals surface area contributed by atoms with Gasteiger partial charge in [0.05, 0.1) is 0 Å². The maximum absolute atomic E-state index is 3.38. The summed E-state index contributed by atoms with van der Waals surface area (Å²) in [7, 11) is 0. The van der Waals surface area contributed by atoms with Crippen LogP contribution in [0.3, 0.4) is 0 Å². The predicted octanol–water partition coefficient (Wildman–Crippen LogP) is 1.10. The molecule has 0 amide bonds. The number of hydrogen-bond acceptors (Lipinski definition) is 1. The van der Waals surface area contributed by atoms with E-state index in [2.05, 4.69) is 33.1 Å². The van der Waals surface area contributed by atoms with Gasteiger partial charge in [0.25, 0.3) is 0 Å². The van der Waals surface area contributed by atoms with Gasteiger partial charge in [-0.05, 0) is 27.7 Å². The van der Waals surface area contributed by atoms with E-state index < -0.39 is 0 Å². The van der Waals surface area contributed by atoms with Crippen molar-refractivity contribution in [2.45, 2.75) is 39.8 Å². The van der Waals surface area contributed by atoms with Crippen molar-refractivity contribution < 1.29 is 4.59 Å². The highest BCUT2D eigenvalue weighted by atomic mass is 15.9. The van der Waals surface area contributed by atoms with E-state index in [4.69, 9.17) is 0 Å². The minimum atomic E-state index is 0.727. The zero-order valence-corrected chi connectivity index (χ0v) is 6.81. The molecule has 0 aromatic carbocycles. The Balaban J connectivity index is 2.52. The molecule has 9 heavy (non-hydrogen) atoms. The fraction of sp³-hybridized carbons (Fsp3) is 1.00. The molecular formula is C7H17N2+. The van der Waals surface area contributed by atoms with Crippen LogP contribution in [0.1, 0.15) is 27.7 Å². The molecule has 0 bridgehead atoms. The van der Waals surface area contributed by atoms with Crippen molar-refractivity contribution in [2.24, 2.45) is 0 Å². The molecule has 0 unspecified atom stereocenters. The standard InChI is InChI=1S/C7H17N2/c1-6(2)9(5-8-9)7(3)4/h6-8H,5H2,1-4H3/q+1. The fourth-order valence-electron chi connectivity index (χ4n) is 1.41. The molecular weight excluding hydrogens is 112 g/mol. The van der Waals surface area contributed by atoms with E-state index in [1.54, 1.807) is 0 Å². The molecule has 0 radical (unpaired) electrons. The topological polar surface area (TPSA) is 21.9 Å². The molecule has 54 valence electrons. The van der Waals surface area contributed by atoms with Crippen LogP contribution in [0.4, 0.5) is 0 Å². The Labute approximate surface area is 57.4 Å². The van der Waals surface area contributed by atoms with Gasteiger partial charge >= 0.3 is 0 Å². The Bertz CT molecular complexity index is 93.5. The van der Waals surface area contributed by atoms with Crippen molar-refractivity contribution in [1.82, 2.24) is 5.43 Å². The highest BCUT2D eigenvalue weighted by Gasteiger charge is 2.47. The van der Waals surface area contributed by atoms with Crippen molar-refractivity contribution in [3.63, 3.8) is 0 Å². The monoisotopic (exact) mass is 129 g/mol. The first-order valence-corrected chi connectivity index (χ1v) is 3.72. The largest absolute Gasteiger partial charge is 0.221 e. The molecule has 1 aliphatic rings. The summed E-state index contributed by atoms with van der Waals surface area (Å²) >= 11 is 0. The van der Waals surface area contributed by atoms with Gasteiger partial charge in [0.1, 0.15) is 12.1 Å². The lowest BCUT2D eigenvalue weighted by atomic mass is 10.2. The predicted molar refractivity (Wildman–Crippen MR) is 38.5 cm³/mol. The Morgan fingerprint density at radius 1 is 1.11 bits per heavy atom. The van der Waals surface area contributed by atoms with E-state index in [0.29, 0.717) is 0 Å². The summed E-state index contributed by atoms with van der Waals surface area (Å²) in [6, 6.07) is 1.45. The first-order valence-electron chi connectivity index (χ1n) is 3.72. The lowest BCUT2D eigenvalue weighted by Gasteiger charge is -2.23. The van der Waals surface area contributed by atoms with Crippen LogP contribution in [0, 0.1) is 0 Å². The van der Waals surface area contributed by atoms with E-state index in [1.165, 1.54) is 0 Å². The maximum Gasteiger partial charge on any atom is 0.193 e. The van der Waals surface area contributed by atoms with E-state index in [1.807, 2.05) is 0 Å². The molecule has 0 aliphatic carbocycles. The molecule has 0 saturated carbocycles. The molecule has 2 heteroatoms. The van der Waals surface area contributed by atoms with Crippen LogP contribution in [0.25, 0.3) is 0 Å². The van der Waals surface area contributed by atoms with Gasteiger partial charge in [-0.3, -0.25) is 0 Å². The molecule has 1 aliphatic heterocycles. The highest BCUT2D eigenvalue weighted by molar-refractivity contribution is 4.55. The van der Waals surface area contributed by atoms with Gasteiger partial charge in [-0.1, -0.05) is 0 Å². The van der Waals surface area contributed by atoms with Crippen LogP contribution in [-0.2, 0) is 0 Å². The molecule has 0 atom stereocenters. The van der Waals surface area contributed by atoms with E-state index in [-0.39, 0.29) is 0 Å². The summed E-state index contributed by atoms with van der Waals surface area (Å²) in [6.07, 6.45) is 0. The molecule has 1 heterocycles. The first-order chi connectivity index (χ1) is 4.09. The molecule has 2 nitrogen and oxygen atoms in total. The van der Waals surface area contributed by atoms with Gasteiger partial charge in [-0.25, -0.2) is 4.59 Å². The van der Waals surface area contributed by atoms with Crippen LogP contribution in [0.15, 0.2) is 0 Å². The fourth-order valence-corrected chi connectivity index (χ4v) is 1.41. The molecule has 0 aromatic rings. The molecule has 0 spiro atoms. The molecule has 1 fully saturated rings. The third-order valence-electron chi connectivity index (χ3n) is 2.37. The smallest absolute Gasteiger partial charge is 0.193 e. The van der Waals surface area contributed by atoms with Crippen LogP contribution < -0.4 is 5.43 Å². The lowest BCUT2D eigenvalue weighted by Crippen LogP contribution is -2.42. The Kier molecular flexibility index (Phi) is 1.53.